The van der Waals surface area contributed by atoms with Gasteiger partial charge in [0.05, 0.1) is 0 Å². The maximum atomic E-state index is 11.2. The van der Waals surface area contributed by atoms with E-state index in [9.17, 15) is 4.79 Å². The predicted octanol–water partition coefficient (Wildman–Crippen LogP) is 1.62. The molecule has 0 aliphatic heterocycles. The number of carbonyl (C=O) groups excluding carboxylic acids is 1. The molecule has 3 saturated carbocycles. The van der Waals surface area contributed by atoms with Crippen LogP contribution in [0.25, 0.3) is 0 Å². The van der Waals surface area contributed by atoms with Crippen molar-refractivity contribution in [3.63, 3.8) is 0 Å². The molecule has 3 rings (SSSR count). The lowest BCUT2D eigenvalue weighted by Crippen LogP contribution is -2.52. The minimum absolute atomic E-state index is 0.554. The Morgan fingerprint density at radius 2 is 1.70 bits per heavy atom. The fraction of sp³-hybridized carbons (Fsp3) is 0.889. The van der Waals surface area contributed by atoms with E-state index in [-0.39, 0.29) is 0 Å². The summed E-state index contributed by atoms with van der Waals surface area (Å²) in [5.41, 5.74) is 0. The van der Waals surface area contributed by atoms with Gasteiger partial charge >= 0.3 is 0 Å². The van der Waals surface area contributed by atoms with Crippen LogP contribution in [0.2, 0.25) is 0 Å². The first kappa shape index (κ1) is 5.34. The summed E-state index contributed by atoms with van der Waals surface area (Å²) in [5, 5.41) is 0. The van der Waals surface area contributed by atoms with Gasteiger partial charge in [0.2, 0.25) is 0 Å². The number of rotatable bonds is 0. The van der Waals surface area contributed by atoms with E-state index < -0.39 is 0 Å². The smallest absolute Gasteiger partial charge is 0.136 e. The number of hydrogen-bond donors (Lipinski definition) is 0. The van der Waals surface area contributed by atoms with Crippen molar-refractivity contribution in [2.24, 2.45) is 23.7 Å². The molecule has 0 radical (unpaired) electrons. The number of ketones is 1. The highest BCUT2D eigenvalue weighted by molar-refractivity contribution is 5.85. The first-order valence-electron chi connectivity index (χ1n) is 4.40. The maximum Gasteiger partial charge on any atom is 0.136 e. The third-order valence-electron chi connectivity index (χ3n) is 3.95. The Hall–Kier alpha value is -0.330. The van der Waals surface area contributed by atoms with Crippen molar-refractivity contribution in [2.75, 3.05) is 0 Å². The first-order chi connectivity index (χ1) is 4.88. The fourth-order valence-electron chi connectivity index (χ4n) is 3.31. The molecule has 4 atom stereocenters. The van der Waals surface area contributed by atoms with E-state index in [2.05, 4.69) is 0 Å². The molecular formula is C9H12O. The average Bonchev–Trinajstić information content (AvgIpc) is 2.14. The molecule has 3 aliphatic carbocycles. The second-order valence-corrected chi connectivity index (χ2v) is 4.10. The molecule has 1 heteroatoms. The van der Waals surface area contributed by atoms with E-state index in [1.54, 1.807) is 0 Å². The minimum Gasteiger partial charge on any atom is -0.299 e. The van der Waals surface area contributed by atoms with Crippen LogP contribution in [0, 0.1) is 23.7 Å². The standard InChI is InChI=1S/C9H12O/c10-8-4-3-7-5-1-2-6(5)9(7)8/h5-7,9H,1-4H2/t5-,6+,7+,9-/m0/s1. The quantitative estimate of drug-likeness (QED) is 0.494. The van der Waals surface area contributed by atoms with Gasteiger partial charge in [0.15, 0.2) is 0 Å². The van der Waals surface area contributed by atoms with Crippen LogP contribution in [-0.4, -0.2) is 5.78 Å². The van der Waals surface area contributed by atoms with Crippen LogP contribution < -0.4 is 0 Å². The molecule has 54 valence electrons. The number of Topliss-reactive ketones (excluding diaryl/α,β-unsaturated/α-hetero) is 1. The molecule has 0 aromatic carbocycles. The molecule has 0 saturated heterocycles. The topological polar surface area (TPSA) is 17.1 Å². The van der Waals surface area contributed by atoms with Gasteiger partial charge in [0.1, 0.15) is 5.78 Å². The lowest BCUT2D eigenvalue weighted by atomic mass is 9.48. The van der Waals surface area contributed by atoms with Crippen LogP contribution in [0.3, 0.4) is 0 Å². The van der Waals surface area contributed by atoms with E-state index in [0.717, 1.165) is 24.2 Å². The van der Waals surface area contributed by atoms with E-state index in [0.29, 0.717) is 11.7 Å². The fourth-order valence-corrected chi connectivity index (χ4v) is 3.31. The Morgan fingerprint density at radius 3 is 2.30 bits per heavy atom. The number of fused-ring (bicyclic) bond motifs is 4. The second-order valence-electron chi connectivity index (χ2n) is 4.10. The predicted molar refractivity (Wildman–Crippen MR) is 37.4 cm³/mol. The molecule has 3 fully saturated rings. The van der Waals surface area contributed by atoms with Gasteiger partial charge in [-0.1, -0.05) is 0 Å². The molecule has 0 heterocycles. The normalized spacial score (nSPS) is 56.6. The summed E-state index contributed by atoms with van der Waals surface area (Å²) >= 11 is 0. The molecule has 0 N–H and O–H groups in total. The van der Waals surface area contributed by atoms with Gasteiger partial charge in [0.25, 0.3) is 0 Å². The summed E-state index contributed by atoms with van der Waals surface area (Å²) in [6, 6.07) is 0. The monoisotopic (exact) mass is 136 g/mol. The molecule has 0 aromatic heterocycles. The highest BCUT2D eigenvalue weighted by atomic mass is 16.1. The summed E-state index contributed by atoms with van der Waals surface area (Å²) in [6.45, 7) is 0. The van der Waals surface area contributed by atoms with Gasteiger partial charge < -0.3 is 0 Å². The molecule has 3 aliphatic rings. The van der Waals surface area contributed by atoms with Crippen molar-refractivity contribution in [2.45, 2.75) is 25.7 Å². The Balaban J connectivity index is 1.90. The zero-order valence-electron chi connectivity index (χ0n) is 6.05. The molecule has 0 amide bonds. The van der Waals surface area contributed by atoms with Crippen molar-refractivity contribution in [1.29, 1.82) is 0 Å². The Morgan fingerprint density at radius 1 is 1.00 bits per heavy atom. The van der Waals surface area contributed by atoms with Crippen molar-refractivity contribution < 1.29 is 4.79 Å². The molecule has 0 spiro atoms. The zero-order chi connectivity index (χ0) is 6.72. The zero-order valence-corrected chi connectivity index (χ0v) is 6.05. The summed E-state index contributed by atoms with van der Waals surface area (Å²) in [6.07, 6.45) is 4.92. The van der Waals surface area contributed by atoms with E-state index >= 15 is 0 Å². The Labute approximate surface area is 60.8 Å². The van der Waals surface area contributed by atoms with Gasteiger partial charge in [-0.2, -0.15) is 0 Å². The van der Waals surface area contributed by atoms with E-state index in [1.807, 2.05) is 0 Å². The van der Waals surface area contributed by atoms with Gasteiger partial charge in [-0.25, -0.2) is 0 Å². The van der Waals surface area contributed by atoms with Crippen molar-refractivity contribution in [3.8, 4) is 0 Å². The Kier molecular flexibility index (Phi) is 0.781. The third kappa shape index (κ3) is 0.388. The lowest BCUT2D eigenvalue weighted by Gasteiger charge is -2.56. The highest BCUT2D eigenvalue weighted by Gasteiger charge is 2.59. The minimum atomic E-state index is 0.554. The average molecular weight is 136 g/mol. The second kappa shape index (κ2) is 1.46. The molecule has 0 aromatic rings. The maximum absolute atomic E-state index is 11.2. The number of hydrogen-bond acceptors (Lipinski definition) is 1. The third-order valence-corrected chi connectivity index (χ3v) is 3.95. The summed E-state index contributed by atoms with van der Waals surface area (Å²) in [7, 11) is 0. The van der Waals surface area contributed by atoms with Crippen LogP contribution in [0.4, 0.5) is 0 Å². The summed E-state index contributed by atoms with van der Waals surface area (Å²) in [5.74, 6) is 3.85. The van der Waals surface area contributed by atoms with Gasteiger partial charge in [-0.15, -0.1) is 0 Å². The molecular weight excluding hydrogens is 124 g/mol. The van der Waals surface area contributed by atoms with Crippen LogP contribution >= 0.6 is 0 Å². The van der Waals surface area contributed by atoms with Crippen molar-refractivity contribution in [1.82, 2.24) is 0 Å². The summed E-state index contributed by atoms with van der Waals surface area (Å²) < 4.78 is 0. The van der Waals surface area contributed by atoms with Gasteiger partial charge in [-0.05, 0) is 37.0 Å². The van der Waals surface area contributed by atoms with Crippen LogP contribution in [0.15, 0.2) is 0 Å². The van der Waals surface area contributed by atoms with Crippen molar-refractivity contribution in [3.05, 3.63) is 0 Å². The lowest BCUT2D eigenvalue weighted by molar-refractivity contribution is -0.140. The molecule has 10 heavy (non-hydrogen) atoms. The highest BCUT2D eigenvalue weighted by Crippen LogP contribution is 2.63. The Bertz CT molecular complexity index is 197. The van der Waals surface area contributed by atoms with E-state index in [1.165, 1.54) is 19.3 Å². The summed E-state index contributed by atoms with van der Waals surface area (Å²) in [4.78, 5) is 11.2. The SMILES string of the molecule is O=C1CC[C@@H]2[C@H]3CC[C@H]3[C@H]12. The van der Waals surface area contributed by atoms with Crippen LogP contribution in [0.1, 0.15) is 25.7 Å². The van der Waals surface area contributed by atoms with Crippen molar-refractivity contribution >= 4 is 5.78 Å². The largest absolute Gasteiger partial charge is 0.299 e. The van der Waals surface area contributed by atoms with Crippen LogP contribution in [-0.2, 0) is 4.79 Å². The van der Waals surface area contributed by atoms with Gasteiger partial charge in [-0.3, -0.25) is 4.79 Å². The molecule has 1 nitrogen and oxygen atoms in total. The first-order valence-corrected chi connectivity index (χ1v) is 4.40. The number of carbonyl (C=O) groups is 1. The van der Waals surface area contributed by atoms with Gasteiger partial charge in [0, 0.05) is 12.3 Å². The molecule has 0 bridgehead atoms. The van der Waals surface area contributed by atoms with Crippen LogP contribution in [0.5, 0.6) is 0 Å². The molecule has 0 unspecified atom stereocenters. The van der Waals surface area contributed by atoms with E-state index in [4.69, 9.17) is 0 Å².